The van der Waals surface area contributed by atoms with Crippen LogP contribution >= 0.6 is 0 Å². The van der Waals surface area contributed by atoms with E-state index < -0.39 is 0 Å². The molecule has 2 saturated heterocycles. The van der Waals surface area contributed by atoms with E-state index in [2.05, 4.69) is 9.97 Å². The number of aromatic nitrogens is 2. The van der Waals surface area contributed by atoms with E-state index in [0.717, 1.165) is 5.56 Å². The third-order valence-electron chi connectivity index (χ3n) is 4.69. The minimum absolute atomic E-state index is 0.0216. The summed E-state index contributed by atoms with van der Waals surface area (Å²) in [5, 5.41) is 0. The first-order valence-corrected chi connectivity index (χ1v) is 8.33. The fraction of sp³-hybridized carbons (Fsp3) is 0.333. The van der Waals surface area contributed by atoms with E-state index in [-0.39, 0.29) is 42.2 Å². The van der Waals surface area contributed by atoms with Crippen LogP contribution in [0.4, 0.5) is 4.39 Å². The van der Waals surface area contributed by atoms with Crippen molar-refractivity contribution in [2.75, 3.05) is 19.7 Å². The lowest BCUT2D eigenvalue weighted by Gasteiger charge is -2.36. The molecule has 0 radical (unpaired) electrons. The maximum Gasteiger partial charge on any atom is 0.291 e. The average Bonchev–Trinajstić information content (AvgIpc) is 3.10. The molecule has 134 valence electrons. The molecule has 0 saturated carbocycles. The number of nitrogens with zero attached hydrogens (tertiary/aromatic N) is 4. The van der Waals surface area contributed by atoms with Crippen LogP contribution in [0.5, 0.6) is 0 Å². The molecule has 0 N–H and O–H groups in total. The van der Waals surface area contributed by atoms with Gasteiger partial charge in [0.15, 0.2) is 0 Å². The summed E-state index contributed by atoms with van der Waals surface area (Å²) in [6, 6.07) is 7.45. The number of rotatable bonds is 3. The Kier molecular flexibility index (Phi) is 4.34. The predicted octanol–water partition coefficient (Wildman–Crippen LogP) is 0.868. The highest BCUT2D eigenvalue weighted by Crippen LogP contribution is 2.26. The molecular formula is C18H17FN4O3. The van der Waals surface area contributed by atoms with Gasteiger partial charge in [0.1, 0.15) is 12.4 Å². The standard InChI is InChI=1S/C18H17FN4O3/c19-13-4-2-12(3-5-13)8-23-14-9-22(10-15(14)26-11-16(23)24)18(25)17-20-6-1-7-21-17/h1-7,14-15H,8-11H2/t14-,15-/m1/s1. The van der Waals surface area contributed by atoms with Gasteiger partial charge in [-0.3, -0.25) is 9.59 Å². The molecule has 26 heavy (non-hydrogen) atoms. The molecule has 2 amide bonds. The van der Waals surface area contributed by atoms with Gasteiger partial charge >= 0.3 is 0 Å². The molecule has 1 aromatic heterocycles. The highest BCUT2D eigenvalue weighted by molar-refractivity contribution is 5.91. The Morgan fingerprint density at radius 1 is 1.19 bits per heavy atom. The summed E-state index contributed by atoms with van der Waals surface area (Å²) in [5.74, 6) is -0.610. The Labute approximate surface area is 149 Å². The molecule has 3 heterocycles. The second kappa shape index (κ2) is 6.80. The van der Waals surface area contributed by atoms with Crippen molar-refractivity contribution in [1.82, 2.24) is 19.8 Å². The summed E-state index contributed by atoms with van der Waals surface area (Å²) in [7, 11) is 0. The number of fused-ring (bicyclic) bond motifs is 1. The van der Waals surface area contributed by atoms with E-state index in [1.807, 2.05) is 0 Å². The van der Waals surface area contributed by atoms with Gasteiger partial charge in [-0.1, -0.05) is 12.1 Å². The number of benzene rings is 1. The number of likely N-dealkylation sites (tertiary alicyclic amines) is 1. The minimum atomic E-state index is -0.319. The van der Waals surface area contributed by atoms with E-state index in [9.17, 15) is 14.0 Å². The van der Waals surface area contributed by atoms with Crippen LogP contribution in [0.15, 0.2) is 42.7 Å². The second-order valence-corrected chi connectivity index (χ2v) is 6.35. The molecule has 2 atom stereocenters. The molecule has 1 aromatic carbocycles. The van der Waals surface area contributed by atoms with Crippen LogP contribution in [-0.4, -0.2) is 63.4 Å². The number of carbonyl (C=O) groups excluding carboxylic acids is 2. The quantitative estimate of drug-likeness (QED) is 0.816. The summed E-state index contributed by atoms with van der Waals surface area (Å²) in [6.07, 6.45) is 2.79. The van der Waals surface area contributed by atoms with Gasteiger partial charge in [-0.15, -0.1) is 0 Å². The number of carbonyl (C=O) groups is 2. The topological polar surface area (TPSA) is 75.6 Å². The van der Waals surface area contributed by atoms with Crippen LogP contribution in [0.1, 0.15) is 16.2 Å². The summed E-state index contributed by atoms with van der Waals surface area (Å²) < 4.78 is 18.7. The Bertz CT molecular complexity index is 815. The molecule has 2 aromatic rings. The lowest BCUT2D eigenvalue weighted by Crippen LogP contribution is -2.53. The molecule has 4 rings (SSSR count). The number of hydrogen-bond donors (Lipinski definition) is 0. The monoisotopic (exact) mass is 356 g/mol. The number of amides is 2. The summed E-state index contributed by atoms with van der Waals surface area (Å²) >= 11 is 0. The van der Waals surface area contributed by atoms with Crippen molar-refractivity contribution in [3.8, 4) is 0 Å². The van der Waals surface area contributed by atoms with E-state index in [0.29, 0.717) is 19.6 Å². The predicted molar refractivity (Wildman–Crippen MR) is 88.4 cm³/mol. The highest BCUT2D eigenvalue weighted by Gasteiger charge is 2.45. The van der Waals surface area contributed by atoms with Crippen LogP contribution in [0, 0.1) is 5.82 Å². The molecule has 0 unspecified atom stereocenters. The number of morpholine rings is 1. The van der Waals surface area contributed by atoms with Gasteiger partial charge in [-0.25, -0.2) is 14.4 Å². The van der Waals surface area contributed by atoms with Crippen molar-refractivity contribution in [2.24, 2.45) is 0 Å². The Balaban J connectivity index is 1.51. The van der Waals surface area contributed by atoms with E-state index in [1.54, 1.807) is 28.0 Å². The van der Waals surface area contributed by atoms with Crippen LogP contribution in [0.3, 0.4) is 0 Å². The SMILES string of the molecule is O=C(c1ncccn1)N1C[C@@H]2[C@@H](C1)OCC(=O)N2Cc1ccc(F)cc1. The maximum absolute atomic E-state index is 13.1. The molecule has 7 nitrogen and oxygen atoms in total. The van der Waals surface area contributed by atoms with Crippen LogP contribution < -0.4 is 0 Å². The molecule has 2 aliphatic rings. The Morgan fingerprint density at radius 2 is 1.92 bits per heavy atom. The summed E-state index contributed by atoms with van der Waals surface area (Å²) in [4.78, 5) is 36.2. The van der Waals surface area contributed by atoms with Crippen LogP contribution in [-0.2, 0) is 16.1 Å². The van der Waals surface area contributed by atoms with Gasteiger partial charge in [-0.05, 0) is 23.8 Å². The van der Waals surface area contributed by atoms with Gasteiger partial charge in [0, 0.05) is 32.0 Å². The molecule has 2 fully saturated rings. The van der Waals surface area contributed by atoms with Gasteiger partial charge < -0.3 is 14.5 Å². The first kappa shape index (κ1) is 16.6. The molecule has 8 heteroatoms. The summed E-state index contributed by atoms with van der Waals surface area (Å²) in [6.45, 7) is 1.07. The summed E-state index contributed by atoms with van der Waals surface area (Å²) in [5.41, 5.74) is 0.830. The fourth-order valence-electron chi connectivity index (χ4n) is 3.37. The van der Waals surface area contributed by atoms with E-state index >= 15 is 0 Å². The van der Waals surface area contributed by atoms with E-state index in [1.165, 1.54) is 24.5 Å². The second-order valence-electron chi connectivity index (χ2n) is 6.35. The third-order valence-corrected chi connectivity index (χ3v) is 4.69. The van der Waals surface area contributed by atoms with Gasteiger partial charge in [0.2, 0.25) is 11.7 Å². The largest absolute Gasteiger partial charge is 0.364 e. The normalized spacial score (nSPS) is 22.4. The van der Waals surface area contributed by atoms with Crippen LogP contribution in [0.2, 0.25) is 0 Å². The zero-order chi connectivity index (χ0) is 18.1. The molecular weight excluding hydrogens is 339 g/mol. The molecule has 0 spiro atoms. The average molecular weight is 356 g/mol. The molecule has 0 bridgehead atoms. The van der Waals surface area contributed by atoms with Crippen molar-refractivity contribution in [1.29, 1.82) is 0 Å². The number of hydrogen-bond acceptors (Lipinski definition) is 5. The van der Waals surface area contributed by atoms with Crippen molar-refractivity contribution >= 4 is 11.8 Å². The Morgan fingerprint density at radius 3 is 2.65 bits per heavy atom. The first-order valence-electron chi connectivity index (χ1n) is 8.33. The Hall–Kier alpha value is -2.87. The minimum Gasteiger partial charge on any atom is -0.364 e. The van der Waals surface area contributed by atoms with Crippen LogP contribution in [0.25, 0.3) is 0 Å². The van der Waals surface area contributed by atoms with Crippen molar-refractivity contribution < 1.29 is 18.7 Å². The van der Waals surface area contributed by atoms with E-state index in [4.69, 9.17) is 4.74 Å². The molecule has 2 aliphatic heterocycles. The van der Waals surface area contributed by atoms with Gasteiger partial charge in [0.25, 0.3) is 5.91 Å². The highest BCUT2D eigenvalue weighted by atomic mass is 19.1. The third kappa shape index (κ3) is 3.15. The smallest absolute Gasteiger partial charge is 0.291 e. The number of ether oxygens (including phenoxy) is 1. The molecule has 0 aliphatic carbocycles. The van der Waals surface area contributed by atoms with Gasteiger partial charge in [0.05, 0.1) is 12.1 Å². The zero-order valence-corrected chi connectivity index (χ0v) is 13.9. The first-order chi connectivity index (χ1) is 12.6. The van der Waals surface area contributed by atoms with Gasteiger partial charge in [-0.2, -0.15) is 0 Å². The zero-order valence-electron chi connectivity index (χ0n) is 13.9. The lowest BCUT2D eigenvalue weighted by molar-refractivity contribution is -0.153. The number of halogens is 1. The maximum atomic E-state index is 13.1. The van der Waals surface area contributed by atoms with Crippen molar-refractivity contribution in [3.05, 3.63) is 59.9 Å². The van der Waals surface area contributed by atoms with Crippen molar-refractivity contribution in [2.45, 2.75) is 18.7 Å². The van der Waals surface area contributed by atoms with Crippen molar-refractivity contribution in [3.63, 3.8) is 0 Å². The lowest BCUT2D eigenvalue weighted by atomic mass is 10.1. The fourth-order valence-corrected chi connectivity index (χ4v) is 3.37.